The fourth-order valence-electron chi connectivity index (χ4n) is 3.83. The molecule has 6 nitrogen and oxygen atoms in total. The standard InChI is InChI=1S/C21H27N5O/c27-21(14-25-11-9-22-10-12-25)23-17-5-7-18(8-6-17)26-20(16-3-4-16)13-19(24-26)15-1-2-15/h5-8,13,15-16,22H,1-4,9-12,14H2,(H,23,27). The molecule has 2 aromatic rings. The molecule has 5 rings (SSSR count). The minimum Gasteiger partial charge on any atom is -0.325 e. The SMILES string of the molecule is O=C(CN1CCNCC1)Nc1ccc(-n2nc(C3CC3)cc2C2CC2)cc1. The van der Waals surface area contributed by atoms with Crippen LogP contribution in [0.15, 0.2) is 30.3 Å². The fraction of sp³-hybridized carbons (Fsp3) is 0.524. The molecule has 0 spiro atoms. The summed E-state index contributed by atoms with van der Waals surface area (Å²) >= 11 is 0. The number of anilines is 1. The summed E-state index contributed by atoms with van der Waals surface area (Å²) in [4.78, 5) is 14.5. The second-order valence-corrected chi connectivity index (χ2v) is 8.08. The molecule has 2 heterocycles. The molecule has 1 aromatic carbocycles. The quantitative estimate of drug-likeness (QED) is 0.826. The Morgan fingerprint density at radius 1 is 1.07 bits per heavy atom. The molecule has 1 aliphatic heterocycles. The lowest BCUT2D eigenvalue weighted by atomic mass is 10.2. The molecule has 0 bridgehead atoms. The minimum absolute atomic E-state index is 0.0541. The highest BCUT2D eigenvalue weighted by Gasteiger charge is 2.32. The van der Waals surface area contributed by atoms with E-state index in [1.807, 2.05) is 12.1 Å². The third-order valence-electron chi connectivity index (χ3n) is 5.72. The Kier molecular flexibility index (Phi) is 4.45. The number of nitrogens with zero attached hydrogens (tertiary/aromatic N) is 3. The van der Waals surface area contributed by atoms with Crippen LogP contribution in [0.25, 0.3) is 5.69 Å². The van der Waals surface area contributed by atoms with Gasteiger partial charge < -0.3 is 10.6 Å². The molecule has 0 radical (unpaired) electrons. The van der Waals surface area contributed by atoms with Gasteiger partial charge in [-0.3, -0.25) is 9.69 Å². The monoisotopic (exact) mass is 365 g/mol. The van der Waals surface area contributed by atoms with Crippen molar-refractivity contribution in [2.24, 2.45) is 0 Å². The molecule has 0 unspecified atom stereocenters. The summed E-state index contributed by atoms with van der Waals surface area (Å²) in [7, 11) is 0. The maximum Gasteiger partial charge on any atom is 0.238 e. The number of nitrogens with one attached hydrogen (secondary N) is 2. The lowest BCUT2D eigenvalue weighted by Crippen LogP contribution is -2.46. The lowest BCUT2D eigenvalue weighted by molar-refractivity contribution is -0.117. The van der Waals surface area contributed by atoms with E-state index >= 15 is 0 Å². The minimum atomic E-state index is 0.0541. The van der Waals surface area contributed by atoms with Gasteiger partial charge in [0.2, 0.25) is 5.91 Å². The second-order valence-electron chi connectivity index (χ2n) is 8.08. The van der Waals surface area contributed by atoms with Gasteiger partial charge in [-0.2, -0.15) is 5.10 Å². The van der Waals surface area contributed by atoms with E-state index in [2.05, 4.69) is 38.4 Å². The van der Waals surface area contributed by atoms with Crippen molar-refractivity contribution in [1.82, 2.24) is 20.0 Å². The van der Waals surface area contributed by atoms with Crippen molar-refractivity contribution in [1.29, 1.82) is 0 Å². The second kappa shape index (κ2) is 7.09. The van der Waals surface area contributed by atoms with E-state index in [4.69, 9.17) is 5.10 Å². The normalized spacial score (nSPS) is 20.6. The highest BCUT2D eigenvalue weighted by molar-refractivity contribution is 5.92. The summed E-state index contributed by atoms with van der Waals surface area (Å²) in [5.41, 5.74) is 4.54. The Morgan fingerprint density at radius 2 is 1.78 bits per heavy atom. The van der Waals surface area contributed by atoms with E-state index in [1.165, 1.54) is 37.1 Å². The lowest BCUT2D eigenvalue weighted by Gasteiger charge is -2.26. The number of aromatic nitrogens is 2. The van der Waals surface area contributed by atoms with Gasteiger partial charge in [-0.1, -0.05) is 0 Å². The van der Waals surface area contributed by atoms with Crippen LogP contribution >= 0.6 is 0 Å². The van der Waals surface area contributed by atoms with Gasteiger partial charge in [0.25, 0.3) is 0 Å². The summed E-state index contributed by atoms with van der Waals surface area (Å²) in [5.74, 6) is 1.40. The molecule has 0 atom stereocenters. The largest absolute Gasteiger partial charge is 0.325 e. The smallest absolute Gasteiger partial charge is 0.238 e. The molecule has 1 saturated heterocycles. The Hall–Kier alpha value is -2.18. The van der Waals surface area contributed by atoms with Gasteiger partial charge >= 0.3 is 0 Å². The van der Waals surface area contributed by atoms with Gasteiger partial charge in [0.15, 0.2) is 0 Å². The van der Waals surface area contributed by atoms with Gasteiger partial charge in [0.1, 0.15) is 0 Å². The first-order chi connectivity index (χ1) is 13.3. The van der Waals surface area contributed by atoms with Crippen LogP contribution in [0.1, 0.15) is 48.9 Å². The third kappa shape index (κ3) is 3.92. The van der Waals surface area contributed by atoms with Crippen LogP contribution < -0.4 is 10.6 Å². The highest BCUT2D eigenvalue weighted by atomic mass is 16.2. The average molecular weight is 365 g/mol. The van der Waals surface area contributed by atoms with Crippen LogP contribution in [0.3, 0.4) is 0 Å². The summed E-state index contributed by atoms with van der Waals surface area (Å²) in [6, 6.07) is 10.4. The van der Waals surface area contributed by atoms with Crippen LogP contribution in [-0.4, -0.2) is 53.3 Å². The fourth-order valence-corrected chi connectivity index (χ4v) is 3.83. The maximum atomic E-state index is 12.3. The number of amides is 1. The van der Waals surface area contributed by atoms with Crippen LogP contribution in [0, 0.1) is 0 Å². The first kappa shape index (κ1) is 17.0. The summed E-state index contributed by atoms with van der Waals surface area (Å²) in [6.07, 6.45) is 5.10. The molecule has 1 amide bonds. The molecule has 27 heavy (non-hydrogen) atoms. The zero-order valence-electron chi connectivity index (χ0n) is 15.7. The highest BCUT2D eigenvalue weighted by Crippen LogP contribution is 2.45. The average Bonchev–Trinajstić information content (AvgIpc) is 3.62. The van der Waals surface area contributed by atoms with Crippen LogP contribution in [0.4, 0.5) is 5.69 Å². The van der Waals surface area contributed by atoms with E-state index in [0.717, 1.165) is 37.6 Å². The number of piperazine rings is 1. The first-order valence-corrected chi connectivity index (χ1v) is 10.2. The number of hydrogen-bond donors (Lipinski definition) is 2. The Bertz CT molecular complexity index is 814. The van der Waals surface area contributed by atoms with Gasteiger partial charge in [-0.05, 0) is 56.0 Å². The molecule has 2 N–H and O–H groups in total. The van der Waals surface area contributed by atoms with Crippen molar-refractivity contribution >= 4 is 11.6 Å². The summed E-state index contributed by atoms with van der Waals surface area (Å²) in [6.45, 7) is 4.23. The molecule has 3 aliphatic rings. The third-order valence-corrected chi connectivity index (χ3v) is 5.72. The van der Waals surface area contributed by atoms with Crippen molar-refractivity contribution in [3.8, 4) is 5.69 Å². The van der Waals surface area contributed by atoms with E-state index in [1.54, 1.807) is 0 Å². The van der Waals surface area contributed by atoms with Crippen molar-refractivity contribution < 1.29 is 4.79 Å². The van der Waals surface area contributed by atoms with Gasteiger partial charge in [-0.15, -0.1) is 0 Å². The molecular formula is C21H27N5O. The van der Waals surface area contributed by atoms with E-state index in [0.29, 0.717) is 18.4 Å². The van der Waals surface area contributed by atoms with Gasteiger partial charge in [0.05, 0.1) is 17.9 Å². The maximum absolute atomic E-state index is 12.3. The van der Waals surface area contributed by atoms with Crippen molar-refractivity contribution in [2.75, 3.05) is 38.0 Å². The van der Waals surface area contributed by atoms with Gasteiger partial charge in [0, 0.05) is 49.4 Å². The van der Waals surface area contributed by atoms with E-state index in [9.17, 15) is 4.79 Å². The number of rotatable bonds is 6. The predicted octanol–water partition coefficient (Wildman–Crippen LogP) is 2.47. The Morgan fingerprint density at radius 3 is 2.44 bits per heavy atom. The number of carbonyl (C=O) groups is 1. The zero-order chi connectivity index (χ0) is 18.2. The van der Waals surface area contributed by atoms with Crippen LogP contribution in [0.2, 0.25) is 0 Å². The Balaban J connectivity index is 1.27. The summed E-state index contributed by atoms with van der Waals surface area (Å²) < 4.78 is 2.12. The molecular weight excluding hydrogens is 338 g/mol. The molecule has 142 valence electrons. The number of benzene rings is 1. The zero-order valence-corrected chi connectivity index (χ0v) is 15.7. The summed E-state index contributed by atoms with van der Waals surface area (Å²) in [5, 5.41) is 11.2. The predicted molar refractivity (Wildman–Crippen MR) is 105 cm³/mol. The number of hydrogen-bond acceptors (Lipinski definition) is 4. The molecule has 3 fully saturated rings. The van der Waals surface area contributed by atoms with Crippen LogP contribution in [-0.2, 0) is 4.79 Å². The molecule has 2 saturated carbocycles. The van der Waals surface area contributed by atoms with E-state index < -0.39 is 0 Å². The molecule has 1 aromatic heterocycles. The Labute approximate surface area is 159 Å². The number of carbonyl (C=O) groups excluding carboxylic acids is 1. The molecule has 2 aliphatic carbocycles. The van der Waals surface area contributed by atoms with Crippen molar-refractivity contribution in [3.05, 3.63) is 41.7 Å². The van der Waals surface area contributed by atoms with Crippen LogP contribution in [0.5, 0.6) is 0 Å². The molecule has 6 heteroatoms. The van der Waals surface area contributed by atoms with Gasteiger partial charge in [-0.25, -0.2) is 4.68 Å². The van der Waals surface area contributed by atoms with Crippen molar-refractivity contribution in [3.63, 3.8) is 0 Å². The van der Waals surface area contributed by atoms with Crippen molar-refractivity contribution in [2.45, 2.75) is 37.5 Å². The van der Waals surface area contributed by atoms with E-state index in [-0.39, 0.29) is 5.91 Å². The topological polar surface area (TPSA) is 62.2 Å². The first-order valence-electron chi connectivity index (χ1n) is 10.2.